The normalized spacial score (nSPS) is 17.5. The van der Waals surface area contributed by atoms with Crippen molar-refractivity contribution in [3.63, 3.8) is 0 Å². The van der Waals surface area contributed by atoms with Gasteiger partial charge in [0.25, 0.3) is 5.88 Å². The van der Waals surface area contributed by atoms with Crippen molar-refractivity contribution in [3.8, 4) is 11.6 Å². The quantitative estimate of drug-likeness (QED) is 0.809. The smallest absolute Gasteiger partial charge is 0.257 e. The number of ether oxygens (including phenoxy) is 2. The summed E-state index contributed by atoms with van der Waals surface area (Å²) in [7, 11) is 0. The Bertz CT molecular complexity index is 536. The first-order valence-electron chi connectivity index (χ1n) is 6.20. The number of rotatable bonds is 2. The van der Waals surface area contributed by atoms with Crippen molar-refractivity contribution in [2.75, 3.05) is 6.61 Å². The van der Waals surface area contributed by atoms with Crippen LogP contribution >= 0.6 is 0 Å². The Morgan fingerprint density at radius 1 is 1.22 bits per heavy atom. The molecule has 1 aliphatic heterocycles. The Balaban J connectivity index is 1.82. The van der Waals surface area contributed by atoms with Crippen LogP contribution in [0.4, 0.5) is 0 Å². The summed E-state index contributed by atoms with van der Waals surface area (Å²) < 4.78 is 11.5. The monoisotopic (exact) mass is 241 g/mol. The third kappa shape index (κ3) is 2.04. The van der Waals surface area contributed by atoms with Crippen LogP contribution in [0.3, 0.4) is 0 Å². The number of hydrogen-bond acceptors (Lipinski definition) is 3. The van der Waals surface area contributed by atoms with Crippen LogP contribution in [0.5, 0.6) is 11.6 Å². The van der Waals surface area contributed by atoms with E-state index < -0.39 is 0 Å². The van der Waals surface area contributed by atoms with Crippen LogP contribution in [0.2, 0.25) is 0 Å². The van der Waals surface area contributed by atoms with Gasteiger partial charge in [-0.25, -0.2) is 4.98 Å². The van der Waals surface area contributed by atoms with Gasteiger partial charge in [0.15, 0.2) is 11.9 Å². The first-order valence-corrected chi connectivity index (χ1v) is 6.20. The van der Waals surface area contributed by atoms with Gasteiger partial charge in [-0.2, -0.15) is 0 Å². The summed E-state index contributed by atoms with van der Waals surface area (Å²) in [5.74, 6) is 1.30. The molecule has 0 N–H and O–H groups in total. The summed E-state index contributed by atoms with van der Waals surface area (Å²) in [5.41, 5.74) is 2.46. The molecule has 1 aliphatic rings. The van der Waals surface area contributed by atoms with Crippen LogP contribution in [0.1, 0.15) is 24.2 Å². The highest BCUT2D eigenvalue weighted by Gasteiger charge is 2.22. The van der Waals surface area contributed by atoms with E-state index in [1.54, 1.807) is 6.20 Å². The highest BCUT2D eigenvalue weighted by atomic mass is 16.6. The van der Waals surface area contributed by atoms with Gasteiger partial charge in [0, 0.05) is 6.20 Å². The van der Waals surface area contributed by atoms with Crippen LogP contribution in [-0.2, 0) is 6.42 Å². The van der Waals surface area contributed by atoms with Crippen molar-refractivity contribution in [1.82, 2.24) is 4.98 Å². The molecule has 92 valence electrons. The van der Waals surface area contributed by atoms with Gasteiger partial charge in [-0.15, -0.1) is 0 Å². The zero-order valence-electron chi connectivity index (χ0n) is 10.3. The van der Waals surface area contributed by atoms with Crippen molar-refractivity contribution >= 4 is 0 Å². The first kappa shape index (κ1) is 11.1. The van der Waals surface area contributed by atoms with Gasteiger partial charge in [0.05, 0.1) is 0 Å². The molecule has 0 fully saturated rings. The number of hydrogen-bond donors (Lipinski definition) is 0. The molecule has 2 heterocycles. The van der Waals surface area contributed by atoms with E-state index in [-0.39, 0.29) is 6.10 Å². The largest absolute Gasteiger partial charge is 0.484 e. The molecule has 3 nitrogen and oxygen atoms in total. The lowest BCUT2D eigenvalue weighted by Gasteiger charge is -2.25. The molecule has 18 heavy (non-hydrogen) atoms. The zero-order valence-corrected chi connectivity index (χ0v) is 10.3. The Morgan fingerprint density at radius 3 is 2.83 bits per heavy atom. The van der Waals surface area contributed by atoms with Crippen LogP contribution < -0.4 is 9.47 Å². The van der Waals surface area contributed by atoms with Crippen LogP contribution in [0, 0.1) is 0 Å². The number of pyridine rings is 1. The standard InChI is InChI=1S/C15H15NO2/c1-2-11-5-7-12(8-6-11)14-10-17-13-4-3-9-16-15(13)18-14/h3-9,14H,2,10H2,1H3/t14-/m1/s1. The third-order valence-corrected chi connectivity index (χ3v) is 3.14. The molecular formula is C15H15NO2. The minimum Gasteiger partial charge on any atom is -0.484 e. The van der Waals surface area contributed by atoms with Crippen molar-refractivity contribution < 1.29 is 9.47 Å². The fraction of sp³-hybridized carbons (Fsp3) is 0.267. The van der Waals surface area contributed by atoms with Gasteiger partial charge in [0.1, 0.15) is 6.61 Å². The maximum absolute atomic E-state index is 5.86. The second kappa shape index (κ2) is 4.69. The number of benzene rings is 1. The molecule has 1 atom stereocenters. The van der Waals surface area contributed by atoms with E-state index in [0.717, 1.165) is 17.7 Å². The highest BCUT2D eigenvalue weighted by molar-refractivity contribution is 5.35. The second-order valence-corrected chi connectivity index (χ2v) is 4.32. The maximum Gasteiger partial charge on any atom is 0.257 e. The van der Waals surface area contributed by atoms with E-state index in [4.69, 9.17) is 9.47 Å². The lowest BCUT2D eigenvalue weighted by atomic mass is 10.1. The van der Waals surface area contributed by atoms with Gasteiger partial charge in [0.2, 0.25) is 0 Å². The van der Waals surface area contributed by atoms with Crippen LogP contribution in [0.15, 0.2) is 42.6 Å². The van der Waals surface area contributed by atoms with Crippen molar-refractivity contribution in [2.45, 2.75) is 19.4 Å². The van der Waals surface area contributed by atoms with E-state index in [0.29, 0.717) is 12.5 Å². The van der Waals surface area contributed by atoms with Crippen LogP contribution in [-0.4, -0.2) is 11.6 Å². The van der Waals surface area contributed by atoms with E-state index in [9.17, 15) is 0 Å². The fourth-order valence-electron chi connectivity index (χ4n) is 2.04. The lowest BCUT2D eigenvalue weighted by molar-refractivity contribution is 0.0851. The molecule has 0 amide bonds. The summed E-state index contributed by atoms with van der Waals surface area (Å²) in [6.45, 7) is 2.68. The Labute approximate surface area is 106 Å². The van der Waals surface area contributed by atoms with Crippen LogP contribution in [0.25, 0.3) is 0 Å². The van der Waals surface area contributed by atoms with Gasteiger partial charge >= 0.3 is 0 Å². The number of nitrogens with zero attached hydrogens (tertiary/aromatic N) is 1. The fourth-order valence-corrected chi connectivity index (χ4v) is 2.04. The molecule has 3 rings (SSSR count). The molecule has 0 saturated carbocycles. The molecule has 0 spiro atoms. The predicted molar refractivity (Wildman–Crippen MR) is 68.9 cm³/mol. The summed E-state index contributed by atoms with van der Waals surface area (Å²) in [6, 6.07) is 12.2. The van der Waals surface area contributed by atoms with Gasteiger partial charge < -0.3 is 9.47 Å². The Kier molecular flexibility index (Phi) is 2.89. The van der Waals surface area contributed by atoms with E-state index in [1.165, 1.54) is 5.56 Å². The van der Waals surface area contributed by atoms with Gasteiger partial charge in [-0.3, -0.25) is 0 Å². The van der Waals surface area contributed by atoms with Crippen molar-refractivity contribution in [2.24, 2.45) is 0 Å². The first-order chi connectivity index (χ1) is 8.86. The Morgan fingerprint density at radius 2 is 2.06 bits per heavy atom. The molecule has 3 heteroatoms. The molecule has 2 aromatic rings. The highest BCUT2D eigenvalue weighted by Crippen LogP contribution is 2.33. The second-order valence-electron chi connectivity index (χ2n) is 4.32. The number of aromatic nitrogens is 1. The molecule has 0 radical (unpaired) electrons. The summed E-state index contributed by atoms with van der Waals surface area (Å²) >= 11 is 0. The number of aryl methyl sites for hydroxylation is 1. The molecular weight excluding hydrogens is 226 g/mol. The van der Waals surface area contributed by atoms with Gasteiger partial charge in [-0.1, -0.05) is 31.2 Å². The minimum absolute atomic E-state index is 0.0710. The molecule has 0 bridgehead atoms. The number of fused-ring (bicyclic) bond motifs is 1. The molecule has 1 aromatic heterocycles. The topological polar surface area (TPSA) is 31.4 Å². The lowest BCUT2D eigenvalue weighted by Crippen LogP contribution is -2.22. The van der Waals surface area contributed by atoms with E-state index >= 15 is 0 Å². The van der Waals surface area contributed by atoms with Gasteiger partial charge in [-0.05, 0) is 29.7 Å². The average Bonchev–Trinajstić information content (AvgIpc) is 2.47. The molecule has 0 saturated heterocycles. The molecule has 0 unspecified atom stereocenters. The maximum atomic E-state index is 5.86. The summed E-state index contributed by atoms with van der Waals surface area (Å²) in [6.07, 6.45) is 2.69. The zero-order chi connectivity index (χ0) is 12.4. The Hall–Kier alpha value is -2.03. The SMILES string of the molecule is CCc1ccc([C@H]2COc3cccnc3O2)cc1. The van der Waals surface area contributed by atoms with Crippen molar-refractivity contribution in [1.29, 1.82) is 0 Å². The molecule has 1 aromatic carbocycles. The van der Waals surface area contributed by atoms with Crippen molar-refractivity contribution in [3.05, 3.63) is 53.7 Å². The summed E-state index contributed by atoms with van der Waals surface area (Å²) in [5, 5.41) is 0. The summed E-state index contributed by atoms with van der Waals surface area (Å²) in [4.78, 5) is 4.18. The molecule has 0 aliphatic carbocycles. The minimum atomic E-state index is -0.0710. The third-order valence-electron chi connectivity index (χ3n) is 3.14. The average molecular weight is 241 g/mol. The van der Waals surface area contributed by atoms with E-state index in [1.807, 2.05) is 12.1 Å². The van der Waals surface area contributed by atoms with E-state index in [2.05, 4.69) is 36.2 Å². The predicted octanol–water partition coefficient (Wildman–Crippen LogP) is 3.16.